The molecule has 0 spiro atoms. The zero-order chi connectivity index (χ0) is 14.9. The van der Waals surface area contributed by atoms with Gasteiger partial charge in [-0.25, -0.2) is 4.98 Å². The molecular weight excluding hydrogens is 282 g/mol. The van der Waals surface area contributed by atoms with Gasteiger partial charge in [0.25, 0.3) is 0 Å². The van der Waals surface area contributed by atoms with E-state index in [-0.39, 0.29) is 5.54 Å². The summed E-state index contributed by atoms with van der Waals surface area (Å²) in [6, 6.07) is 5.93. The summed E-state index contributed by atoms with van der Waals surface area (Å²) in [4.78, 5) is 12.6. The average molecular weight is 303 g/mol. The molecule has 21 heavy (non-hydrogen) atoms. The lowest BCUT2D eigenvalue weighted by atomic mass is 10.0. The van der Waals surface area contributed by atoms with E-state index in [1.54, 1.807) is 11.3 Å². The molecule has 112 valence electrons. The van der Waals surface area contributed by atoms with Crippen LogP contribution in [0.2, 0.25) is 0 Å². The predicted octanol–water partition coefficient (Wildman–Crippen LogP) is 3.20. The lowest BCUT2D eigenvalue weighted by Crippen LogP contribution is -2.54. The number of hydrogen-bond acceptors (Lipinski definition) is 5. The van der Waals surface area contributed by atoms with Crippen LogP contribution in [0.25, 0.3) is 10.7 Å². The Bertz CT molecular complexity index is 597. The largest absolute Gasteiger partial charge is 0.375 e. The minimum absolute atomic E-state index is 0.0711. The fraction of sp³-hybridized carbons (Fsp3) is 0.500. The molecule has 0 radical (unpaired) electrons. The standard InChI is InChI=1S/C16H21N3OS/c1-12-9-19(16(2,3)11-20-12)10-13-8-18-15(21-13)14-6-4-5-7-17-14/h4-8,12H,9-11H2,1-3H3/t12-/m1/s1. The van der Waals surface area contributed by atoms with E-state index in [0.717, 1.165) is 30.4 Å². The smallest absolute Gasteiger partial charge is 0.142 e. The molecule has 3 rings (SSSR count). The molecule has 4 nitrogen and oxygen atoms in total. The Morgan fingerprint density at radius 1 is 1.38 bits per heavy atom. The zero-order valence-electron chi connectivity index (χ0n) is 12.7. The highest BCUT2D eigenvalue weighted by atomic mass is 32.1. The first-order chi connectivity index (χ1) is 10.0. The van der Waals surface area contributed by atoms with Crippen molar-refractivity contribution >= 4 is 11.3 Å². The first kappa shape index (κ1) is 14.6. The van der Waals surface area contributed by atoms with Crippen LogP contribution in [0.15, 0.2) is 30.6 Å². The Morgan fingerprint density at radius 3 is 3.00 bits per heavy atom. The first-order valence-corrected chi connectivity index (χ1v) is 8.09. The van der Waals surface area contributed by atoms with Gasteiger partial charge in [-0.2, -0.15) is 0 Å². The van der Waals surface area contributed by atoms with Crippen LogP contribution >= 0.6 is 11.3 Å². The molecule has 5 heteroatoms. The maximum absolute atomic E-state index is 5.77. The van der Waals surface area contributed by atoms with Crippen molar-refractivity contribution in [1.29, 1.82) is 0 Å². The van der Waals surface area contributed by atoms with Crippen molar-refractivity contribution < 1.29 is 4.74 Å². The van der Waals surface area contributed by atoms with Gasteiger partial charge in [-0.05, 0) is 32.9 Å². The molecule has 3 heterocycles. The Kier molecular flexibility index (Phi) is 4.06. The molecule has 1 aliphatic heterocycles. The lowest BCUT2D eigenvalue weighted by Gasteiger charge is -2.44. The van der Waals surface area contributed by atoms with Crippen LogP contribution in [0.1, 0.15) is 25.6 Å². The quantitative estimate of drug-likeness (QED) is 0.873. The van der Waals surface area contributed by atoms with Crippen molar-refractivity contribution in [2.75, 3.05) is 13.2 Å². The van der Waals surface area contributed by atoms with E-state index in [9.17, 15) is 0 Å². The van der Waals surface area contributed by atoms with E-state index in [0.29, 0.717) is 6.10 Å². The van der Waals surface area contributed by atoms with Crippen LogP contribution in [-0.4, -0.2) is 39.7 Å². The van der Waals surface area contributed by atoms with Crippen LogP contribution in [0, 0.1) is 0 Å². The normalized spacial score (nSPS) is 22.3. The summed E-state index contributed by atoms with van der Waals surface area (Å²) in [6.07, 6.45) is 4.08. The van der Waals surface area contributed by atoms with E-state index in [4.69, 9.17) is 4.74 Å². The van der Waals surface area contributed by atoms with Crippen molar-refractivity contribution in [3.05, 3.63) is 35.5 Å². The third-order valence-electron chi connectivity index (χ3n) is 3.84. The maximum Gasteiger partial charge on any atom is 0.142 e. The second-order valence-corrected chi connectivity index (χ2v) is 7.28. The summed E-state index contributed by atoms with van der Waals surface area (Å²) >= 11 is 1.73. The van der Waals surface area contributed by atoms with Crippen LogP contribution < -0.4 is 0 Å². The second kappa shape index (κ2) is 5.83. The number of nitrogens with zero attached hydrogens (tertiary/aromatic N) is 3. The molecular formula is C16H21N3OS. The molecule has 0 unspecified atom stereocenters. The minimum atomic E-state index is 0.0711. The van der Waals surface area contributed by atoms with E-state index >= 15 is 0 Å². The molecule has 0 aromatic carbocycles. The summed E-state index contributed by atoms with van der Waals surface area (Å²) in [7, 11) is 0. The topological polar surface area (TPSA) is 38.2 Å². The minimum Gasteiger partial charge on any atom is -0.375 e. The third-order valence-corrected chi connectivity index (χ3v) is 4.84. The summed E-state index contributed by atoms with van der Waals surface area (Å²) in [5.74, 6) is 0. The number of aromatic nitrogens is 2. The maximum atomic E-state index is 5.77. The van der Waals surface area contributed by atoms with Crippen molar-refractivity contribution in [1.82, 2.24) is 14.9 Å². The number of thiazole rings is 1. The van der Waals surface area contributed by atoms with Crippen molar-refractivity contribution in [2.45, 2.75) is 39.0 Å². The van der Waals surface area contributed by atoms with Gasteiger partial charge in [-0.3, -0.25) is 9.88 Å². The average Bonchev–Trinajstić information content (AvgIpc) is 2.93. The summed E-state index contributed by atoms with van der Waals surface area (Å²) in [6.45, 7) is 9.27. The molecule has 0 saturated carbocycles. The predicted molar refractivity (Wildman–Crippen MR) is 85.2 cm³/mol. The highest BCUT2D eigenvalue weighted by molar-refractivity contribution is 7.14. The van der Waals surface area contributed by atoms with Gasteiger partial charge < -0.3 is 4.74 Å². The Morgan fingerprint density at radius 2 is 2.24 bits per heavy atom. The monoisotopic (exact) mass is 303 g/mol. The first-order valence-electron chi connectivity index (χ1n) is 7.27. The van der Waals surface area contributed by atoms with E-state index in [2.05, 4.69) is 35.6 Å². The van der Waals surface area contributed by atoms with Gasteiger partial charge in [0, 0.05) is 35.9 Å². The van der Waals surface area contributed by atoms with Crippen LogP contribution in [-0.2, 0) is 11.3 Å². The molecule has 1 atom stereocenters. The number of ether oxygens (including phenoxy) is 1. The molecule has 1 fully saturated rings. The van der Waals surface area contributed by atoms with Gasteiger partial charge in [0.2, 0.25) is 0 Å². The second-order valence-electron chi connectivity index (χ2n) is 6.16. The Labute approximate surface area is 129 Å². The molecule has 1 aliphatic rings. The van der Waals surface area contributed by atoms with E-state index in [1.165, 1.54) is 4.88 Å². The van der Waals surface area contributed by atoms with Gasteiger partial charge in [-0.15, -0.1) is 11.3 Å². The highest BCUT2D eigenvalue weighted by Gasteiger charge is 2.33. The zero-order valence-corrected chi connectivity index (χ0v) is 13.6. The Balaban J connectivity index is 1.75. The lowest BCUT2D eigenvalue weighted by molar-refractivity contribution is -0.0946. The molecule has 0 aliphatic carbocycles. The third kappa shape index (κ3) is 3.31. The van der Waals surface area contributed by atoms with Gasteiger partial charge in [0.05, 0.1) is 18.4 Å². The highest BCUT2D eigenvalue weighted by Crippen LogP contribution is 2.28. The van der Waals surface area contributed by atoms with Gasteiger partial charge in [0.1, 0.15) is 5.01 Å². The number of pyridine rings is 1. The Hall–Kier alpha value is -1.30. The molecule has 0 amide bonds. The van der Waals surface area contributed by atoms with E-state index < -0.39 is 0 Å². The molecule has 2 aromatic rings. The summed E-state index contributed by atoms with van der Waals surface area (Å²) in [5, 5.41) is 0.990. The fourth-order valence-electron chi connectivity index (χ4n) is 2.50. The molecule has 2 aromatic heterocycles. The fourth-order valence-corrected chi connectivity index (χ4v) is 3.41. The SMILES string of the molecule is C[C@@H]1CN(Cc2cnc(-c3ccccn3)s2)C(C)(C)CO1. The van der Waals surface area contributed by atoms with Crippen molar-refractivity contribution in [2.24, 2.45) is 0 Å². The van der Waals surface area contributed by atoms with Crippen LogP contribution in [0.3, 0.4) is 0 Å². The van der Waals surface area contributed by atoms with Gasteiger partial charge in [0.15, 0.2) is 0 Å². The number of rotatable bonds is 3. The molecule has 0 N–H and O–H groups in total. The van der Waals surface area contributed by atoms with Gasteiger partial charge in [-0.1, -0.05) is 6.07 Å². The summed E-state index contributed by atoms with van der Waals surface area (Å²) in [5.41, 5.74) is 1.02. The van der Waals surface area contributed by atoms with Crippen molar-refractivity contribution in [3.8, 4) is 10.7 Å². The van der Waals surface area contributed by atoms with Gasteiger partial charge >= 0.3 is 0 Å². The summed E-state index contributed by atoms with van der Waals surface area (Å²) < 4.78 is 5.77. The van der Waals surface area contributed by atoms with Crippen LogP contribution in [0.4, 0.5) is 0 Å². The van der Waals surface area contributed by atoms with Crippen molar-refractivity contribution in [3.63, 3.8) is 0 Å². The molecule has 1 saturated heterocycles. The molecule has 0 bridgehead atoms. The van der Waals surface area contributed by atoms with E-state index in [1.807, 2.05) is 30.6 Å². The number of morpholine rings is 1. The number of hydrogen-bond donors (Lipinski definition) is 0. The van der Waals surface area contributed by atoms with Crippen LogP contribution in [0.5, 0.6) is 0 Å².